The molecule has 0 amide bonds. The van der Waals surface area contributed by atoms with E-state index in [1.807, 2.05) is 42.2 Å². The van der Waals surface area contributed by atoms with E-state index in [1.165, 1.54) is 6.07 Å². The van der Waals surface area contributed by atoms with E-state index in [9.17, 15) is 13.2 Å². The number of para-hydroxylation sites is 1. The number of ether oxygens (including phenoxy) is 1. The van der Waals surface area contributed by atoms with E-state index in [0.717, 1.165) is 30.9 Å². The van der Waals surface area contributed by atoms with E-state index in [1.54, 1.807) is 6.07 Å². The van der Waals surface area contributed by atoms with Gasteiger partial charge in [-0.1, -0.05) is 44.9 Å². The topological polar surface area (TPSA) is 95.9 Å². The predicted octanol–water partition coefficient (Wildman–Crippen LogP) is 5.20. The minimum absolute atomic E-state index is 0.0788. The lowest BCUT2D eigenvalue weighted by Crippen LogP contribution is -2.52. The molecule has 0 aliphatic carbocycles. The molecule has 7 nitrogen and oxygen atoms in total. The van der Waals surface area contributed by atoms with Gasteiger partial charge in [0.1, 0.15) is 10.6 Å². The maximum absolute atomic E-state index is 13.5. The largest absolute Gasteiger partial charge is 0.478 e. The van der Waals surface area contributed by atoms with Gasteiger partial charge in [0.15, 0.2) is 0 Å². The fraction of sp³-hybridized carbons (Fsp3) is 0.348. The number of sulfonamides is 1. The molecule has 3 rings (SSSR count). The van der Waals surface area contributed by atoms with E-state index < -0.39 is 21.5 Å². The number of anilines is 2. The number of hydrogen-bond acceptors (Lipinski definition) is 5. The van der Waals surface area contributed by atoms with Crippen LogP contribution in [0.4, 0.5) is 11.4 Å². The predicted molar refractivity (Wildman–Crippen MR) is 128 cm³/mol. The minimum Gasteiger partial charge on any atom is -0.478 e. The Hall–Kier alpha value is -2.36. The van der Waals surface area contributed by atoms with E-state index in [-0.39, 0.29) is 10.6 Å². The van der Waals surface area contributed by atoms with Crippen LogP contribution in [0.15, 0.2) is 64.2 Å². The van der Waals surface area contributed by atoms with Crippen LogP contribution in [-0.2, 0) is 14.8 Å². The average Bonchev–Trinajstić information content (AvgIpc) is 2.85. The number of carboxylic acid groups (broad SMARTS) is 1. The van der Waals surface area contributed by atoms with Gasteiger partial charge in [-0.15, -0.1) is 0 Å². The summed E-state index contributed by atoms with van der Waals surface area (Å²) in [7, 11) is -3.88. The Balaban J connectivity index is 2.19. The molecule has 172 valence electrons. The standard InChI is InChI=1S/C23H27BrN2O5S/c1-3-5-12-23(4-2)16-26(17-9-7-6-8-10-17)19-14-18(24)20(31-13-11-22(27)28)15-21(19)32(29,30)25-23/h6-11,13-15,25H,3-5,12,16H2,1-2H3,(H,27,28)/b13-11+. The molecule has 0 radical (unpaired) electrons. The van der Waals surface area contributed by atoms with Crippen molar-refractivity contribution in [1.82, 2.24) is 4.72 Å². The van der Waals surface area contributed by atoms with Crippen molar-refractivity contribution >= 4 is 43.3 Å². The van der Waals surface area contributed by atoms with Crippen molar-refractivity contribution in [2.24, 2.45) is 0 Å². The molecular formula is C23H27BrN2O5S. The first kappa shape index (κ1) is 24.3. The molecular weight excluding hydrogens is 496 g/mol. The monoisotopic (exact) mass is 522 g/mol. The second-order valence-corrected chi connectivity index (χ2v) is 10.3. The first-order valence-electron chi connectivity index (χ1n) is 10.5. The van der Waals surface area contributed by atoms with Gasteiger partial charge in [-0.2, -0.15) is 0 Å². The molecule has 0 saturated heterocycles. The van der Waals surface area contributed by atoms with Gasteiger partial charge in [0, 0.05) is 18.3 Å². The number of rotatable bonds is 8. The van der Waals surface area contributed by atoms with E-state index >= 15 is 0 Å². The number of fused-ring (bicyclic) bond motifs is 1. The number of carbonyl (C=O) groups is 1. The highest BCUT2D eigenvalue weighted by molar-refractivity contribution is 9.10. The van der Waals surface area contributed by atoms with E-state index in [0.29, 0.717) is 29.5 Å². The summed E-state index contributed by atoms with van der Waals surface area (Å²) in [5, 5.41) is 8.80. The summed E-state index contributed by atoms with van der Waals surface area (Å²) in [6.07, 6.45) is 5.05. The number of hydrogen-bond donors (Lipinski definition) is 2. The maximum Gasteiger partial charge on any atom is 0.331 e. The second-order valence-electron chi connectivity index (χ2n) is 7.77. The fourth-order valence-corrected chi connectivity index (χ4v) is 5.93. The maximum atomic E-state index is 13.5. The van der Waals surface area contributed by atoms with E-state index in [2.05, 4.69) is 27.6 Å². The molecule has 1 aliphatic rings. The summed E-state index contributed by atoms with van der Waals surface area (Å²) in [5.74, 6) is -0.957. The molecule has 0 saturated carbocycles. The lowest BCUT2D eigenvalue weighted by molar-refractivity contribution is -0.131. The van der Waals surface area contributed by atoms with Crippen LogP contribution in [0.2, 0.25) is 0 Å². The lowest BCUT2D eigenvalue weighted by atomic mass is 9.90. The van der Waals surface area contributed by atoms with Crippen molar-refractivity contribution < 1.29 is 23.1 Å². The molecule has 0 fully saturated rings. The van der Waals surface area contributed by atoms with Gasteiger partial charge in [-0.05, 0) is 47.0 Å². The van der Waals surface area contributed by atoms with Crippen LogP contribution >= 0.6 is 15.9 Å². The van der Waals surface area contributed by atoms with Crippen LogP contribution in [-0.4, -0.2) is 31.6 Å². The smallest absolute Gasteiger partial charge is 0.331 e. The second kappa shape index (κ2) is 10.1. The van der Waals surface area contributed by atoms with Crippen LogP contribution in [0.5, 0.6) is 5.75 Å². The molecule has 0 spiro atoms. The third-order valence-electron chi connectivity index (χ3n) is 5.56. The Labute approximate surface area is 197 Å². The molecule has 2 N–H and O–H groups in total. The molecule has 1 aliphatic heterocycles. The van der Waals surface area contributed by atoms with Crippen LogP contribution in [0, 0.1) is 0 Å². The molecule has 1 unspecified atom stereocenters. The number of benzene rings is 2. The summed E-state index contributed by atoms with van der Waals surface area (Å²) in [4.78, 5) is 12.9. The first-order valence-corrected chi connectivity index (χ1v) is 12.7. The first-order chi connectivity index (χ1) is 15.2. The van der Waals surface area contributed by atoms with Crippen molar-refractivity contribution in [3.05, 3.63) is 59.3 Å². The molecule has 0 bridgehead atoms. The number of aliphatic carboxylic acids is 1. The Bertz CT molecular complexity index is 1100. The van der Waals surface area contributed by atoms with Crippen molar-refractivity contribution in [2.75, 3.05) is 11.4 Å². The van der Waals surface area contributed by atoms with Crippen LogP contribution < -0.4 is 14.4 Å². The van der Waals surface area contributed by atoms with Crippen molar-refractivity contribution in [3.8, 4) is 5.75 Å². The Morgan fingerprint density at radius 2 is 2.00 bits per heavy atom. The summed E-state index contributed by atoms with van der Waals surface area (Å²) in [5.41, 5.74) is 0.769. The van der Waals surface area contributed by atoms with Crippen molar-refractivity contribution in [2.45, 2.75) is 50.0 Å². The van der Waals surface area contributed by atoms with Gasteiger partial charge < -0.3 is 14.7 Å². The van der Waals surface area contributed by atoms with Crippen LogP contribution in [0.1, 0.15) is 39.5 Å². The zero-order valence-corrected chi connectivity index (χ0v) is 20.4. The summed E-state index contributed by atoms with van der Waals surface area (Å²) >= 11 is 3.45. The van der Waals surface area contributed by atoms with Gasteiger partial charge in [0.2, 0.25) is 10.0 Å². The van der Waals surface area contributed by atoms with Crippen molar-refractivity contribution in [1.29, 1.82) is 0 Å². The van der Waals surface area contributed by atoms with Gasteiger partial charge >= 0.3 is 5.97 Å². The summed E-state index contributed by atoms with van der Waals surface area (Å²) < 4.78 is 36.0. The average molecular weight is 523 g/mol. The number of halogens is 1. The molecule has 9 heteroatoms. The summed E-state index contributed by atoms with van der Waals surface area (Å²) in [6.45, 7) is 4.56. The Kier molecular flexibility index (Phi) is 7.63. The number of nitrogens with zero attached hydrogens (tertiary/aromatic N) is 1. The number of nitrogens with one attached hydrogen (secondary N) is 1. The Morgan fingerprint density at radius 1 is 1.28 bits per heavy atom. The highest BCUT2D eigenvalue weighted by Crippen LogP contribution is 2.43. The molecule has 2 aromatic carbocycles. The van der Waals surface area contributed by atoms with Gasteiger partial charge in [-0.3, -0.25) is 0 Å². The zero-order chi connectivity index (χ0) is 23.4. The van der Waals surface area contributed by atoms with Crippen molar-refractivity contribution in [3.63, 3.8) is 0 Å². The number of carboxylic acids is 1. The quantitative estimate of drug-likeness (QED) is 0.365. The SMILES string of the molecule is CCCCC1(CC)CN(c2ccccc2)c2cc(Br)c(O/C=C/C(=O)O)cc2S(=O)(=O)N1. The highest BCUT2D eigenvalue weighted by atomic mass is 79.9. The zero-order valence-electron chi connectivity index (χ0n) is 18.0. The van der Waals surface area contributed by atoms with E-state index in [4.69, 9.17) is 9.84 Å². The summed E-state index contributed by atoms with van der Waals surface area (Å²) in [6, 6.07) is 12.8. The third kappa shape index (κ3) is 5.33. The number of unbranched alkanes of at least 4 members (excludes halogenated alkanes) is 1. The van der Waals surface area contributed by atoms with Crippen LogP contribution in [0.3, 0.4) is 0 Å². The fourth-order valence-electron chi connectivity index (χ4n) is 3.81. The molecule has 32 heavy (non-hydrogen) atoms. The van der Waals surface area contributed by atoms with Gasteiger partial charge in [0.05, 0.1) is 28.0 Å². The molecule has 1 atom stereocenters. The normalized spacial score (nSPS) is 20.0. The Morgan fingerprint density at radius 3 is 2.62 bits per heavy atom. The molecule has 0 aromatic heterocycles. The third-order valence-corrected chi connectivity index (χ3v) is 7.79. The van der Waals surface area contributed by atoms with Crippen LogP contribution in [0.25, 0.3) is 0 Å². The van der Waals surface area contributed by atoms with Gasteiger partial charge in [0.25, 0.3) is 0 Å². The minimum atomic E-state index is -3.88. The lowest BCUT2D eigenvalue weighted by Gasteiger charge is -2.36. The molecule has 1 heterocycles. The molecule has 2 aromatic rings. The van der Waals surface area contributed by atoms with Gasteiger partial charge in [-0.25, -0.2) is 17.9 Å². The highest BCUT2D eigenvalue weighted by Gasteiger charge is 2.41.